The molecular formula is C38H50N4O6. The topological polar surface area (TPSA) is 103 Å². The number of carbonyl (C=O) groups excluding carboxylic acids is 3. The van der Waals surface area contributed by atoms with Crippen LogP contribution in [-0.4, -0.2) is 90.4 Å². The maximum Gasteiger partial charge on any atom is 0.253 e. The zero-order valence-electron chi connectivity index (χ0n) is 28.9. The summed E-state index contributed by atoms with van der Waals surface area (Å²) in [6.07, 6.45) is 4.25. The standard InChI is InChI=1S/C38H50N4O6/c1-8-23-40(29-17-19-30(20-18-29)47-12-5)34(44)31-32-35(45)42(26(6)25-43)33(38(32)22-21-37(31,7)48-38)36(46)41(24-9-2)28-15-13-27(14-16-28)39(10-3)11-4/h8-9,13-20,26,31-33,43H,1-2,10-12,21-25H2,3-7H3/t26-,31+,32+,33?,37-,38?/m1/s1. The first kappa shape index (κ1) is 35.2. The number of nitrogens with zero attached hydrogens (tertiary/aromatic N) is 4. The first-order chi connectivity index (χ1) is 23.0. The van der Waals surface area contributed by atoms with Crippen LogP contribution in [0.4, 0.5) is 17.1 Å². The highest BCUT2D eigenvalue weighted by molar-refractivity contribution is 6.07. The Kier molecular flexibility index (Phi) is 10.4. The number of fused-ring (bicyclic) bond motifs is 1. The Morgan fingerprint density at radius 1 is 0.958 bits per heavy atom. The Balaban J connectivity index is 1.55. The fraction of sp³-hybridized carbons (Fsp3) is 0.500. The van der Waals surface area contributed by atoms with Gasteiger partial charge in [-0.05, 0) is 96.0 Å². The van der Waals surface area contributed by atoms with Gasteiger partial charge in [-0.15, -0.1) is 13.2 Å². The molecule has 6 atom stereocenters. The van der Waals surface area contributed by atoms with Gasteiger partial charge in [-0.25, -0.2) is 0 Å². The van der Waals surface area contributed by atoms with Crippen LogP contribution in [0, 0.1) is 11.8 Å². The summed E-state index contributed by atoms with van der Waals surface area (Å²) in [7, 11) is 0. The van der Waals surface area contributed by atoms with Crippen molar-refractivity contribution in [1.29, 1.82) is 0 Å². The molecule has 10 nitrogen and oxygen atoms in total. The smallest absolute Gasteiger partial charge is 0.253 e. The highest BCUT2D eigenvalue weighted by atomic mass is 16.5. The molecule has 5 rings (SSSR count). The van der Waals surface area contributed by atoms with E-state index in [0.717, 1.165) is 18.8 Å². The summed E-state index contributed by atoms with van der Waals surface area (Å²) in [5.41, 5.74) is 0.144. The average molecular weight is 659 g/mol. The van der Waals surface area contributed by atoms with Gasteiger partial charge in [0.05, 0.1) is 36.7 Å². The van der Waals surface area contributed by atoms with Gasteiger partial charge in [-0.1, -0.05) is 12.2 Å². The quantitative estimate of drug-likeness (QED) is 0.274. The first-order valence-corrected chi connectivity index (χ1v) is 17.1. The van der Waals surface area contributed by atoms with Gasteiger partial charge in [-0.3, -0.25) is 14.4 Å². The molecule has 3 aliphatic heterocycles. The molecule has 1 N–H and O–H groups in total. The monoisotopic (exact) mass is 658 g/mol. The largest absolute Gasteiger partial charge is 0.494 e. The summed E-state index contributed by atoms with van der Waals surface area (Å²) < 4.78 is 12.5. The maximum atomic E-state index is 14.9. The van der Waals surface area contributed by atoms with Crippen molar-refractivity contribution in [2.75, 3.05) is 54.1 Å². The second-order valence-electron chi connectivity index (χ2n) is 13.1. The van der Waals surface area contributed by atoms with Crippen LogP contribution in [-0.2, 0) is 19.1 Å². The molecule has 3 aliphatic rings. The van der Waals surface area contributed by atoms with Crippen molar-refractivity contribution in [3.8, 4) is 5.75 Å². The van der Waals surface area contributed by atoms with Crippen LogP contribution in [0.1, 0.15) is 47.5 Å². The predicted molar refractivity (Wildman–Crippen MR) is 188 cm³/mol. The summed E-state index contributed by atoms with van der Waals surface area (Å²) >= 11 is 0. The molecule has 0 aromatic heterocycles. The minimum atomic E-state index is -1.24. The molecule has 10 heteroatoms. The number of hydrogen-bond donors (Lipinski definition) is 1. The summed E-state index contributed by atoms with van der Waals surface area (Å²) in [6, 6.07) is 13.3. The van der Waals surface area contributed by atoms with E-state index < -0.39 is 35.1 Å². The number of benzene rings is 2. The van der Waals surface area contributed by atoms with Crippen molar-refractivity contribution in [1.82, 2.24) is 4.90 Å². The molecule has 2 aromatic rings. The van der Waals surface area contributed by atoms with Crippen LogP contribution < -0.4 is 19.4 Å². The molecule has 2 unspecified atom stereocenters. The molecule has 2 bridgehead atoms. The van der Waals surface area contributed by atoms with E-state index in [-0.39, 0.29) is 37.4 Å². The second kappa shape index (κ2) is 14.1. The van der Waals surface area contributed by atoms with Crippen LogP contribution in [0.25, 0.3) is 0 Å². The van der Waals surface area contributed by atoms with E-state index in [1.54, 1.807) is 28.9 Å². The van der Waals surface area contributed by atoms with Crippen molar-refractivity contribution in [2.24, 2.45) is 11.8 Å². The van der Waals surface area contributed by atoms with Crippen molar-refractivity contribution in [3.05, 3.63) is 73.8 Å². The Morgan fingerprint density at radius 3 is 2.02 bits per heavy atom. The molecule has 3 heterocycles. The fourth-order valence-electron chi connectivity index (χ4n) is 8.12. The summed E-state index contributed by atoms with van der Waals surface area (Å²) in [6.45, 7) is 19.8. The van der Waals surface area contributed by atoms with Gasteiger partial charge in [0.15, 0.2) is 0 Å². The van der Waals surface area contributed by atoms with Crippen molar-refractivity contribution in [2.45, 2.75) is 70.7 Å². The Labute approximate surface area is 284 Å². The highest BCUT2D eigenvalue weighted by Gasteiger charge is 2.78. The third kappa shape index (κ3) is 5.79. The number of carbonyl (C=O) groups is 3. The number of rotatable bonds is 15. The number of ether oxygens (including phenoxy) is 2. The number of hydrogen-bond acceptors (Lipinski definition) is 7. The van der Waals surface area contributed by atoms with E-state index in [1.807, 2.05) is 62.4 Å². The van der Waals surface area contributed by atoms with Crippen molar-refractivity contribution in [3.63, 3.8) is 0 Å². The van der Waals surface area contributed by atoms with Crippen molar-refractivity contribution >= 4 is 34.8 Å². The average Bonchev–Trinajstić information content (AvgIpc) is 3.67. The van der Waals surface area contributed by atoms with Crippen LogP contribution in [0.15, 0.2) is 73.8 Å². The molecule has 0 aliphatic carbocycles. The zero-order valence-corrected chi connectivity index (χ0v) is 28.9. The molecule has 0 radical (unpaired) electrons. The number of likely N-dealkylation sites (tertiary alicyclic amines) is 1. The molecule has 48 heavy (non-hydrogen) atoms. The van der Waals surface area contributed by atoms with E-state index in [1.165, 1.54) is 4.90 Å². The molecule has 3 saturated heterocycles. The lowest BCUT2D eigenvalue weighted by Crippen LogP contribution is -2.58. The van der Waals surface area contributed by atoms with Crippen LogP contribution in [0.2, 0.25) is 0 Å². The van der Waals surface area contributed by atoms with Gasteiger partial charge < -0.3 is 34.2 Å². The van der Waals surface area contributed by atoms with E-state index in [0.29, 0.717) is 36.6 Å². The predicted octanol–water partition coefficient (Wildman–Crippen LogP) is 4.82. The molecular weight excluding hydrogens is 608 g/mol. The Morgan fingerprint density at radius 2 is 1.50 bits per heavy atom. The molecule has 0 saturated carbocycles. The molecule has 2 aromatic carbocycles. The molecule has 3 amide bonds. The van der Waals surface area contributed by atoms with Gasteiger partial charge in [0, 0.05) is 43.2 Å². The normalized spacial score (nSPS) is 26.2. The SMILES string of the molecule is C=CCN(C(=O)C1N([C@H](C)CO)C(=O)[C@@H]2[C@@H](C(=O)N(CC=C)c3ccc(OCC)cc3)[C@@]3(C)CCC12O3)c1ccc(N(CC)CC)cc1. The highest BCUT2D eigenvalue weighted by Crippen LogP contribution is 2.64. The van der Waals surface area contributed by atoms with E-state index in [9.17, 15) is 19.5 Å². The van der Waals surface area contributed by atoms with Gasteiger partial charge in [0.25, 0.3) is 5.91 Å². The number of anilines is 3. The lowest BCUT2D eigenvalue weighted by molar-refractivity contribution is -0.147. The van der Waals surface area contributed by atoms with Gasteiger partial charge >= 0.3 is 0 Å². The van der Waals surface area contributed by atoms with Crippen LogP contribution in [0.3, 0.4) is 0 Å². The van der Waals surface area contributed by atoms with E-state index in [2.05, 4.69) is 31.9 Å². The second-order valence-corrected chi connectivity index (χ2v) is 13.1. The number of aliphatic hydroxyl groups excluding tert-OH is 1. The molecule has 1 spiro atoms. The summed E-state index contributed by atoms with van der Waals surface area (Å²) in [5, 5.41) is 10.3. The fourth-order valence-corrected chi connectivity index (χ4v) is 8.12. The number of amides is 3. The summed E-state index contributed by atoms with van der Waals surface area (Å²) in [4.78, 5) is 51.1. The first-order valence-electron chi connectivity index (χ1n) is 17.1. The minimum Gasteiger partial charge on any atom is -0.494 e. The van der Waals surface area contributed by atoms with Crippen molar-refractivity contribution < 1.29 is 29.0 Å². The number of aliphatic hydroxyl groups is 1. The van der Waals surface area contributed by atoms with Crippen LogP contribution >= 0.6 is 0 Å². The van der Waals surface area contributed by atoms with E-state index in [4.69, 9.17) is 9.47 Å². The Bertz CT molecular complexity index is 1510. The van der Waals surface area contributed by atoms with Crippen LogP contribution in [0.5, 0.6) is 5.75 Å². The molecule has 258 valence electrons. The lowest BCUT2D eigenvalue weighted by atomic mass is 9.66. The third-order valence-corrected chi connectivity index (χ3v) is 10.4. The molecule has 3 fully saturated rings. The lowest BCUT2D eigenvalue weighted by Gasteiger charge is -2.38. The van der Waals surface area contributed by atoms with Gasteiger partial charge in [0.1, 0.15) is 17.4 Å². The van der Waals surface area contributed by atoms with Gasteiger partial charge in [-0.2, -0.15) is 0 Å². The third-order valence-electron chi connectivity index (χ3n) is 10.4. The Hall–Kier alpha value is -4.15. The zero-order chi connectivity index (χ0) is 34.8. The maximum absolute atomic E-state index is 14.9. The van der Waals surface area contributed by atoms with E-state index >= 15 is 0 Å². The summed E-state index contributed by atoms with van der Waals surface area (Å²) in [5.74, 6) is -2.00. The van der Waals surface area contributed by atoms with Gasteiger partial charge in [0.2, 0.25) is 11.8 Å². The minimum absolute atomic E-state index is 0.209.